The van der Waals surface area contributed by atoms with E-state index in [1.165, 1.54) is 16.4 Å². The Labute approximate surface area is 161 Å². The van der Waals surface area contributed by atoms with Gasteiger partial charge in [-0.15, -0.1) is 0 Å². The number of fused-ring (bicyclic) bond motifs is 1. The number of hydrogen-bond acceptors (Lipinski definition) is 5. The molecule has 2 heterocycles. The van der Waals surface area contributed by atoms with E-state index in [1.54, 1.807) is 24.3 Å². The summed E-state index contributed by atoms with van der Waals surface area (Å²) < 4.78 is 33.1. The number of benzene rings is 2. The number of piperazine rings is 1. The van der Waals surface area contributed by atoms with Crippen molar-refractivity contribution in [2.75, 3.05) is 13.1 Å². The first kappa shape index (κ1) is 18.0. The van der Waals surface area contributed by atoms with Crippen LogP contribution in [0.2, 0.25) is 5.02 Å². The summed E-state index contributed by atoms with van der Waals surface area (Å²) in [6.45, 7) is 0.372. The van der Waals surface area contributed by atoms with Gasteiger partial charge in [0.15, 0.2) is 11.5 Å². The van der Waals surface area contributed by atoms with Gasteiger partial charge < -0.3 is 9.73 Å². The molecule has 27 heavy (non-hydrogen) atoms. The van der Waals surface area contributed by atoms with Gasteiger partial charge in [-0.3, -0.25) is 4.79 Å². The van der Waals surface area contributed by atoms with Gasteiger partial charge in [-0.05, 0) is 24.3 Å². The molecular formula is C18H16ClN3O4S. The molecule has 0 unspecified atom stereocenters. The molecule has 0 aliphatic carbocycles. The van der Waals surface area contributed by atoms with Crippen LogP contribution in [0.25, 0.3) is 11.1 Å². The summed E-state index contributed by atoms with van der Waals surface area (Å²) in [5.74, 6) is -0.0863. The van der Waals surface area contributed by atoms with E-state index in [1.807, 2.05) is 12.1 Å². The van der Waals surface area contributed by atoms with Gasteiger partial charge in [0.1, 0.15) is 16.5 Å². The molecule has 1 aliphatic rings. The quantitative estimate of drug-likeness (QED) is 0.718. The molecule has 1 saturated heterocycles. The third-order valence-corrected chi connectivity index (χ3v) is 6.82. The van der Waals surface area contributed by atoms with Crippen LogP contribution in [0.5, 0.6) is 0 Å². The molecule has 4 rings (SSSR count). The van der Waals surface area contributed by atoms with Crippen LogP contribution in [0.15, 0.2) is 57.8 Å². The van der Waals surface area contributed by atoms with Crippen molar-refractivity contribution in [1.82, 2.24) is 14.6 Å². The molecule has 1 aromatic heterocycles. The largest absolute Gasteiger partial charge is 0.441 e. The summed E-state index contributed by atoms with van der Waals surface area (Å²) in [6.07, 6.45) is 0.0319. The zero-order valence-corrected chi connectivity index (χ0v) is 15.7. The van der Waals surface area contributed by atoms with Gasteiger partial charge in [0.05, 0.1) is 5.02 Å². The molecule has 1 N–H and O–H groups in total. The lowest BCUT2D eigenvalue weighted by Crippen LogP contribution is -2.57. The molecule has 9 heteroatoms. The third kappa shape index (κ3) is 3.31. The molecule has 0 saturated carbocycles. The second-order valence-electron chi connectivity index (χ2n) is 6.13. The van der Waals surface area contributed by atoms with E-state index in [9.17, 15) is 13.2 Å². The van der Waals surface area contributed by atoms with Gasteiger partial charge in [0.2, 0.25) is 15.9 Å². The lowest BCUT2D eigenvalue weighted by atomic mass is 10.1. The Bertz CT molecular complexity index is 1080. The second-order valence-corrected chi connectivity index (χ2v) is 8.40. The minimum atomic E-state index is -3.95. The van der Waals surface area contributed by atoms with E-state index in [0.717, 1.165) is 0 Å². The van der Waals surface area contributed by atoms with Crippen molar-refractivity contribution in [3.8, 4) is 0 Å². The molecule has 1 aliphatic heterocycles. The van der Waals surface area contributed by atoms with E-state index < -0.39 is 16.1 Å². The van der Waals surface area contributed by atoms with Gasteiger partial charge in [-0.1, -0.05) is 35.9 Å². The number of oxazole rings is 1. The average molecular weight is 406 g/mol. The highest BCUT2D eigenvalue weighted by molar-refractivity contribution is 7.89. The van der Waals surface area contributed by atoms with Crippen LogP contribution < -0.4 is 5.32 Å². The predicted molar refractivity (Wildman–Crippen MR) is 99.9 cm³/mol. The van der Waals surface area contributed by atoms with E-state index in [0.29, 0.717) is 17.0 Å². The fourth-order valence-corrected chi connectivity index (χ4v) is 5.21. The predicted octanol–water partition coefficient (Wildman–Crippen LogP) is 2.21. The number of aromatic nitrogens is 1. The molecule has 1 amide bonds. The molecule has 2 aromatic carbocycles. The molecule has 0 spiro atoms. The van der Waals surface area contributed by atoms with E-state index >= 15 is 0 Å². The Hall–Kier alpha value is -2.42. The first-order valence-electron chi connectivity index (χ1n) is 8.35. The van der Waals surface area contributed by atoms with Crippen LogP contribution in [0, 0.1) is 0 Å². The maximum absolute atomic E-state index is 13.1. The van der Waals surface area contributed by atoms with Gasteiger partial charge in [-0.25, -0.2) is 13.4 Å². The standard InChI is InChI=1S/C18H16ClN3O4S/c19-12-5-1-4-8-16(12)27(24,25)22-10-9-20-18(23)14(22)11-17-21-13-6-2-3-7-15(13)26-17/h1-8,14H,9-11H2,(H,20,23)/t14-/m1/s1. The monoisotopic (exact) mass is 405 g/mol. The fraction of sp³-hybridized carbons (Fsp3) is 0.222. The van der Waals surface area contributed by atoms with Crippen molar-refractivity contribution in [3.63, 3.8) is 0 Å². The van der Waals surface area contributed by atoms with E-state index in [4.69, 9.17) is 16.0 Å². The summed E-state index contributed by atoms with van der Waals surface area (Å²) >= 11 is 6.09. The van der Waals surface area contributed by atoms with Gasteiger partial charge >= 0.3 is 0 Å². The van der Waals surface area contributed by atoms with Crippen LogP contribution in [-0.2, 0) is 21.2 Å². The Morgan fingerprint density at radius 3 is 2.70 bits per heavy atom. The summed E-state index contributed by atoms with van der Waals surface area (Å²) in [5.41, 5.74) is 1.24. The molecule has 140 valence electrons. The summed E-state index contributed by atoms with van der Waals surface area (Å²) in [5, 5.41) is 2.82. The minimum absolute atomic E-state index is 0.0241. The molecule has 0 bridgehead atoms. The number of nitrogens with zero attached hydrogens (tertiary/aromatic N) is 2. The van der Waals surface area contributed by atoms with Crippen molar-refractivity contribution in [2.45, 2.75) is 17.4 Å². The number of sulfonamides is 1. The minimum Gasteiger partial charge on any atom is -0.441 e. The van der Waals surface area contributed by atoms with Crippen molar-refractivity contribution in [1.29, 1.82) is 0 Å². The van der Waals surface area contributed by atoms with Gasteiger partial charge in [0.25, 0.3) is 0 Å². The van der Waals surface area contributed by atoms with Gasteiger partial charge in [0, 0.05) is 19.5 Å². The summed E-state index contributed by atoms with van der Waals surface area (Å²) in [7, 11) is -3.95. The van der Waals surface area contributed by atoms with Crippen molar-refractivity contribution < 1.29 is 17.6 Å². The molecule has 1 atom stereocenters. The highest BCUT2D eigenvalue weighted by Gasteiger charge is 2.40. The second kappa shape index (κ2) is 6.95. The van der Waals surface area contributed by atoms with Crippen molar-refractivity contribution in [3.05, 3.63) is 59.4 Å². The highest BCUT2D eigenvalue weighted by Crippen LogP contribution is 2.28. The highest BCUT2D eigenvalue weighted by atomic mass is 35.5. The Morgan fingerprint density at radius 2 is 1.93 bits per heavy atom. The molecular weight excluding hydrogens is 390 g/mol. The zero-order valence-electron chi connectivity index (χ0n) is 14.1. The Kier molecular flexibility index (Phi) is 4.63. The van der Waals surface area contributed by atoms with Gasteiger partial charge in [-0.2, -0.15) is 4.31 Å². The van der Waals surface area contributed by atoms with E-state index in [2.05, 4.69) is 10.3 Å². The number of halogens is 1. The number of carbonyl (C=O) groups excluding carboxylic acids is 1. The number of hydrogen-bond donors (Lipinski definition) is 1. The number of amides is 1. The Balaban J connectivity index is 1.70. The molecule has 3 aromatic rings. The van der Waals surface area contributed by atoms with Crippen LogP contribution in [0.4, 0.5) is 0 Å². The lowest BCUT2D eigenvalue weighted by molar-refractivity contribution is -0.126. The molecule has 7 nitrogen and oxygen atoms in total. The van der Waals surface area contributed by atoms with E-state index in [-0.39, 0.29) is 35.3 Å². The number of rotatable bonds is 4. The SMILES string of the molecule is O=C1NCCN(S(=O)(=O)c2ccccc2Cl)[C@@H]1Cc1nc2ccccc2o1. The Morgan fingerprint density at radius 1 is 1.19 bits per heavy atom. The topological polar surface area (TPSA) is 92.5 Å². The first-order valence-corrected chi connectivity index (χ1v) is 10.2. The number of para-hydroxylation sites is 2. The maximum atomic E-state index is 13.1. The van der Waals surface area contributed by atoms with Crippen LogP contribution >= 0.6 is 11.6 Å². The third-order valence-electron chi connectivity index (χ3n) is 4.41. The maximum Gasteiger partial charge on any atom is 0.245 e. The van der Waals surface area contributed by atoms with Crippen molar-refractivity contribution in [2.24, 2.45) is 0 Å². The summed E-state index contributed by atoms with van der Waals surface area (Å²) in [4.78, 5) is 16.8. The number of nitrogens with one attached hydrogen (secondary N) is 1. The normalized spacial score (nSPS) is 18.6. The number of carbonyl (C=O) groups is 1. The smallest absolute Gasteiger partial charge is 0.245 e. The van der Waals surface area contributed by atoms with Crippen LogP contribution in [0.1, 0.15) is 5.89 Å². The molecule has 1 fully saturated rings. The first-order chi connectivity index (χ1) is 13.0. The summed E-state index contributed by atoms with van der Waals surface area (Å²) in [6, 6.07) is 12.4. The zero-order chi connectivity index (χ0) is 19.0. The lowest BCUT2D eigenvalue weighted by Gasteiger charge is -2.33. The average Bonchev–Trinajstić information content (AvgIpc) is 3.06. The van der Waals surface area contributed by atoms with Crippen molar-refractivity contribution >= 4 is 38.6 Å². The molecule has 0 radical (unpaired) electrons. The fourth-order valence-electron chi connectivity index (χ4n) is 3.13. The van der Waals surface area contributed by atoms with Crippen LogP contribution in [-0.4, -0.2) is 42.7 Å². The van der Waals surface area contributed by atoms with Crippen LogP contribution in [0.3, 0.4) is 0 Å².